The van der Waals surface area contributed by atoms with Gasteiger partial charge in [-0.1, -0.05) is 18.2 Å². The molecule has 3 rings (SSSR count). The summed E-state index contributed by atoms with van der Waals surface area (Å²) in [6.45, 7) is -0.282. The molecule has 0 fully saturated rings. The van der Waals surface area contributed by atoms with Crippen LogP contribution in [0.15, 0.2) is 30.3 Å². The lowest BCUT2D eigenvalue weighted by Gasteiger charge is -2.13. The van der Waals surface area contributed by atoms with Gasteiger partial charge in [-0.25, -0.2) is 0 Å². The van der Waals surface area contributed by atoms with Gasteiger partial charge in [-0.3, -0.25) is 4.79 Å². The van der Waals surface area contributed by atoms with Crippen LogP contribution in [-0.2, 0) is 4.79 Å². The van der Waals surface area contributed by atoms with Crippen LogP contribution < -0.4 is 30.0 Å². The highest BCUT2D eigenvalue weighted by Gasteiger charge is 2.19. The first kappa shape index (κ1) is 19.5. The van der Waals surface area contributed by atoms with Gasteiger partial charge in [0.05, 0.1) is 26.5 Å². The van der Waals surface area contributed by atoms with E-state index in [-0.39, 0.29) is 6.79 Å². The molecule has 148 valence electrons. The Morgan fingerprint density at radius 3 is 2.64 bits per heavy atom. The van der Waals surface area contributed by atoms with E-state index in [1.165, 1.54) is 7.11 Å². The standard InChI is InChI=1S/C20H22N2O6/c1-25-16-6-5-12(7-15(16)22-20(24)14(21)10-23)3-4-13-8-17(26-2)19-18(9-13)27-11-28-19/h3-9,14,23H,10-11,21H2,1-2H3,(H,22,24)/b4-3-/t14-/m0/s1. The summed E-state index contributed by atoms with van der Waals surface area (Å²) in [5.74, 6) is 1.80. The molecule has 0 radical (unpaired) electrons. The van der Waals surface area contributed by atoms with Crippen molar-refractivity contribution >= 4 is 23.7 Å². The number of hydrogen-bond donors (Lipinski definition) is 3. The number of fused-ring (bicyclic) bond motifs is 1. The Hall–Kier alpha value is -3.23. The van der Waals surface area contributed by atoms with Crippen LogP contribution in [0.2, 0.25) is 0 Å². The Kier molecular flexibility index (Phi) is 6.03. The maximum Gasteiger partial charge on any atom is 0.243 e. The van der Waals surface area contributed by atoms with Gasteiger partial charge in [-0.05, 0) is 35.4 Å². The van der Waals surface area contributed by atoms with Gasteiger partial charge < -0.3 is 35.1 Å². The molecule has 0 aromatic heterocycles. The van der Waals surface area contributed by atoms with Crippen molar-refractivity contribution in [3.05, 3.63) is 41.5 Å². The zero-order valence-electron chi connectivity index (χ0n) is 15.6. The van der Waals surface area contributed by atoms with Gasteiger partial charge in [-0.2, -0.15) is 0 Å². The minimum Gasteiger partial charge on any atom is -0.495 e. The van der Waals surface area contributed by atoms with Crippen LogP contribution in [0.5, 0.6) is 23.0 Å². The minimum absolute atomic E-state index is 0.163. The molecule has 0 saturated carbocycles. The molecule has 0 bridgehead atoms. The Bertz CT molecular complexity index is 897. The number of methoxy groups -OCH3 is 2. The van der Waals surface area contributed by atoms with E-state index in [4.69, 9.17) is 29.8 Å². The van der Waals surface area contributed by atoms with Crippen LogP contribution in [0.25, 0.3) is 12.2 Å². The van der Waals surface area contributed by atoms with E-state index in [9.17, 15) is 4.79 Å². The first-order chi connectivity index (χ1) is 13.5. The highest BCUT2D eigenvalue weighted by molar-refractivity contribution is 5.96. The number of anilines is 1. The van der Waals surface area contributed by atoms with Crippen LogP contribution in [0, 0.1) is 0 Å². The number of benzene rings is 2. The van der Waals surface area contributed by atoms with Gasteiger partial charge in [0.15, 0.2) is 11.5 Å². The number of carbonyl (C=O) groups is 1. The van der Waals surface area contributed by atoms with Crippen LogP contribution in [0.1, 0.15) is 11.1 Å². The molecule has 1 aliphatic rings. The molecule has 1 amide bonds. The zero-order valence-corrected chi connectivity index (χ0v) is 15.6. The number of aliphatic hydroxyl groups excluding tert-OH is 1. The zero-order chi connectivity index (χ0) is 20.1. The van der Waals surface area contributed by atoms with Gasteiger partial charge in [-0.15, -0.1) is 0 Å². The van der Waals surface area contributed by atoms with Gasteiger partial charge >= 0.3 is 0 Å². The van der Waals surface area contributed by atoms with Crippen molar-refractivity contribution in [1.82, 2.24) is 0 Å². The van der Waals surface area contributed by atoms with Crippen LogP contribution in [0.3, 0.4) is 0 Å². The van der Waals surface area contributed by atoms with Gasteiger partial charge in [0.25, 0.3) is 0 Å². The molecule has 2 aromatic carbocycles. The molecule has 8 nitrogen and oxygen atoms in total. The third-order valence-corrected chi connectivity index (χ3v) is 4.16. The highest BCUT2D eigenvalue weighted by atomic mass is 16.7. The number of nitrogens with one attached hydrogen (secondary N) is 1. The first-order valence-electron chi connectivity index (χ1n) is 8.56. The lowest BCUT2D eigenvalue weighted by molar-refractivity contribution is -0.118. The van der Waals surface area contributed by atoms with Crippen molar-refractivity contribution in [2.45, 2.75) is 6.04 Å². The topological polar surface area (TPSA) is 112 Å². The van der Waals surface area contributed by atoms with Crippen LogP contribution in [0.4, 0.5) is 5.69 Å². The Morgan fingerprint density at radius 2 is 1.93 bits per heavy atom. The Labute approximate surface area is 162 Å². The predicted octanol–water partition coefficient (Wildman–Crippen LogP) is 1.86. The third-order valence-electron chi connectivity index (χ3n) is 4.16. The SMILES string of the molecule is COc1ccc(/C=C\c2cc(OC)c3c(c2)OCO3)cc1NC(=O)[C@@H](N)CO. The van der Waals surface area contributed by atoms with Crippen molar-refractivity contribution in [1.29, 1.82) is 0 Å². The van der Waals surface area contributed by atoms with E-state index in [2.05, 4.69) is 5.32 Å². The normalized spacial score (nSPS) is 13.4. The highest BCUT2D eigenvalue weighted by Crippen LogP contribution is 2.42. The maximum absolute atomic E-state index is 12.0. The maximum atomic E-state index is 12.0. The second-order valence-corrected chi connectivity index (χ2v) is 6.03. The smallest absolute Gasteiger partial charge is 0.243 e. The van der Waals surface area contributed by atoms with Crippen molar-refractivity contribution in [2.24, 2.45) is 5.73 Å². The number of amides is 1. The molecule has 28 heavy (non-hydrogen) atoms. The Morgan fingerprint density at radius 1 is 1.18 bits per heavy atom. The number of aliphatic hydroxyl groups is 1. The number of hydrogen-bond acceptors (Lipinski definition) is 7. The second kappa shape index (κ2) is 8.64. The summed E-state index contributed by atoms with van der Waals surface area (Å²) < 4.78 is 21.4. The molecule has 8 heteroatoms. The second-order valence-electron chi connectivity index (χ2n) is 6.03. The van der Waals surface area contributed by atoms with Crippen molar-refractivity contribution in [2.75, 3.05) is 32.9 Å². The average Bonchev–Trinajstić information content (AvgIpc) is 3.19. The van der Waals surface area contributed by atoms with Gasteiger partial charge in [0.1, 0.15) is 11.8 Å². The molecule has 1 aliphatic heterocycles. The molecule has 1 atom stereocenters. The Balaban J connectivity index is 1.84. The van der Waals surface area contributed by atoms with Crippen LogP contribution in [-0.4, -0.2) is 44.7 Å². The fourth-order valence-electron chi connectivity index (χ4n) is 2.67. The summed E-state index contributed by atoms with van der Waals surface area (Å²) in [7, 11) is 3.08. The van der Waals surface area contributed by atoms with E-state index >= 15 is 0 Å². The minimum atomic E-state index is -1.01. The van der Waals surface area contributed by atoms with Crippen LogP contribution >= 0.6 is 0 Å². The largest absolute Gasteiger partial charge is 0.495 e. The number of rotatable bonds is 7. The lowest BCUT2D eigenvalue weighted by Crippen LogP contribution is -2.38. The molecule has 0 saturated heterocycles. The summed E-state index contributed by atoms with van der Waals surface area (Å²) in [4.78, 5) is 12.0. The van der Waals surface area contributed by atoms with Gasteiger partial charge in [0.2, 0.25) is 18.4 Å². The third kappa shape index (κ3) is 4.19. The van der Waals surface area contributed by atoms with E-state index in [1.807, 2.05) is 30.4 Å². The predicted molar refractivity (Wildman–Crippen MR) is 105 cm³/mol. The average molecular weight is 386 g/mol. The molecule has 0 aliphatic carbocycles. The van der Waals surface area contributed by atoms with E-state index < -0.39 is 18.6 Å². The monoisotopic (exact) mass is 386 g/mol. The number of ether oxygens (including phenoxy) is 4. The molecule has 1 heterocycles. The van der Waals surface area contributed by atoms with E-state index in [1.54, 1.807) is 19.2 Å². The van der Waals surface area contributed by atoms with E-state index in [0.29, 0.717) is 28.7 Å². The van der Waals surface area contributed by atoms with Crippen molar-refractivity contribution in [3.63, 3.8) is 0 Å². The summed E-state index contributed by atoms with van der Waals surface area (Å²) in [5, 5.41) is 11.7. The molecular formula is C20H22N2O6. The summed E-state index contributed by atoms with van der Waals surface area (Å²) in [6.07, 6.45) is 3.76. The van der Waals surface area contributed by atoms with E-state index in [0.717, 1.165) is 11.1 Å². The molecule has 2 aromatic rings. The summed E-state index contributed by atoms with van der Waals surface area (Å²) in [5.41, 5.74) is 7.70. The quantitative estimate of drug-likeness (QED) is 0.623. The molecule has 0 unspecified atom stereocenters. The lowest BCUT2D eigenvalue weighted by atomic mass is 10.1. The van der Waals surface area contributed by atoms with Crippen molar-refractivity contribution in [3.8, 4) is 23.0 Å². The number of nitrogens with two attached hydrogens (primary N) is 1. The van der Waals surface area contributed by atoms with Crippen molar-refractivity contribution < 1.29 is 28.8 Å². The summed E-state index contributed by atoms with van der Waals surface area (Å²) >= 11 is 0. The summed E-state index contributed by atoms with van der Waals surface area (Å²) in [6, 6.07) is 8.03. The molecule has 4 N–H and O–H groups in total. The fourth-order valence-corrected chi connectivity index (χ4v) is 2.67. The molecule has 0 spiro atoms. The number of carbonyl (C=O) groups excluding carboxylic acids is 1. The van der Waals surface area contributed by atoms with Gasteiger partial charge in [0, 0.05) is 0 Å². The first-order valence-corrected chi connectivity index (χ1v) is 8.56. The fraction of sp³-hybridized carbons (Fsp3) is 0.250. The molecular weight excluding hydrogens is 364 g/mol.